The van der Waals surface area contributed by atoms with E-state index in [9.17, 15) is 57.1 Å². The van der Waals surface area contributed by atoms with Crippen molar-refractivity contribution in [1.29, 1.82) is 0 Å². The highest BCUT2D eigenvalue weighted by Gasteiger charge is 2.91. The smallest absolute Gasteiger partial charge is 0.255 e. The molecule has 0 saturated heterocycles. The summed E-state index contributed by atoms with van der Waals surface area (Å²) in [5.41, 5.74) is -2.36. The number of hydrogen-bond donors (Lipinski definition) is 0. The third-order valence-electron chi connectivity index (χ3n) is 2.98. The first-order valence-corrected chi connectivity index (χ1v) is 6.20. The van der Waals surface area contributed by atoms with E-state index in [1.165, 1.54) is 0 Å². The molecule has 0 aliphatic heterocycles. The molecule has 0 aromatic carbocycles. The molecule has 15 heteroatoms. The highest BCUT2D eigenvalue weighted by atomic mass is 35.5. The van der Waals surface area contributed by atoms with Crippen LogP contribution >= 0.6 is 11.6 Å². The van der Waals surface area contributed by atoms with Gasteiger partial charge < -0.3 is 0 Å². The van der Waals surface area contributed by atoms with E-state index >= 15 is 0 Å². The molecule has 0 unspecified atom stereocenters. The summed E-state index contributed by atoms with van der Waals surface area (Å²) in [6, 6.07) is 0.482. The molecule has 1 aromatic heterocycles. The lowest BCUT2D eigenvalue weighted by molar-refractivity contribution is -0.442. The Morgan fingerprint density at radius 2 is 1.08 bits per heavy atom. The van der Waals surface area contributed by atoms with Crippen molar-refractivity contribution in [2.45, 2.75) is 35.8 Å². The molecular weight excluding hydrogens is 429 g/mol. The summed E-state index contributed by atoms with van der Waals surface area (Å²) in [4.78, 5) is 2.48. The third-order valence-corrected chi connectivity index (χ3v) is 3.21. The van der Waals surface area contributed by atoms with Gasteiger partial charge in [0.2, 0.25) is 0 Å². The monoisotopic (exact) mass is 431 g/mol. The average Bonchev–Trinajstić information content (AvgIpc) is 2.45. The number of aromatic nitrogens is 1. The molecule has 26 heavy (non-hydrogen) atoms. The molecular formula is C11H3ClF13N. The largest absolute Gasteiger partial charge is 0.460 e. The fraction of sp³-hybridized carbons (Fsp3) is 0.545. The summed E-state index contributed by atoms with van der Waals surface area (Å²) < 4.78 is 168. The number of nitrogens with zero attached hydrogens (tertiary/aromatic N) is 1. The molecule has 0 saturated carbocycles. The van der Waals surface area contributed by atoms with Crippen molar-refractivity contribution < 1.29 is 57.1 Å². The standard InChI is InChI=1S/C11H3ClF13N/c12-4-1-2-26-5(3-4)6(13,14)7(15,16)8(17,18)9(19,20)10(21,22)11(23,24)25/h1-3H. The summed E-state index contributed by atoms with van der Waals surface area (Å²) >= 11 is 5.11. The van der Waals surface area contributed by atoms with Gasteiger partial charge in [0.1, 0.15) is 5.69 Å². The van der Waals surface area contributed by atoms with Crippen LogP contribution < -0.4 is 0 Å². The maximum absolute atomic E-state index is 13.6. The minimum Gasteiger partial charge on any atom is -0.255 e. The van der Waals surface area contributed by atoms with Crippen LogP contribution in [0.4, 0.5) is 57.1 Å². The Hall–Kier alpha value is -1.47. The second-order valence-electron chi connectivity index (χ2n) is 4.73. The first-order chi connectivity index (χ1) is 11.2. The zero-order chi connectivity index (χ0) is 21.0. The Bertz CT molecular complexity index is 666. The summed E-state index contributed by atoms with van der Waals surface area (Å²) in [6.45, 7) is 0. The van der Waals surface area contributed by atoms with E-state index in [2.05, 4.69) is 4.98 Å². The molecule has 0 N–H and O–H groups in total. The van der Waals surface area contributed by atoms with E-state index in [0.717, 1.165) is 0 Å². The van der Waals surface area contributed by atoms with Crippen molar-refractivity contribution in [2.24, 2.45) is 0 Å². The van der Waals surface area contributed by atoms with Crippen molar-refractivity contribution in [2.75, 3.05) is 0 Å². The van der Waals surface area contributed by atoms with Gasteiger partial charge in [-0.1, -0.05) is 11.6 Å². The molecule has 0 atom stereocenters. The predicted molar refractivity (Wildman–Crippen MR) is 59.0 cm³/mol. The Morgan fingerprint density at radius 3 is 1.46 bits per heavy atom. The van der Waals surface area contributed by atoms with E-state index in [0.29, 0.717) is 6.07 Å². The summed E-state index contributed by atoms with van der Waals surface area (Å²) in [7, 11) is 0. The predicted octanol–water partition coefficient (Wildman–Crippen LogP) is 5.93. The lowest BCUT2D eigenvalue weighted by Crippen LogP contribution is -2.69. The molecule has 1 aromatic rings. The fourth-order valence-electron chi connectivity index (χ4n) is 1.51. The molecule has 1 rings (SSSR count). The number of halogens is 14. The van der Waals surface area contributed by atoms with Gasteiger partial charge in [-0.25, -0.2) is 0 Å². The van der Waals surface area contributed by atoms with Gasteiger partial charge >= 0.3 is 35.8 Å². The number of pyridine rings is 1. The Labute approximate surface area is 139 Å². The number of rotatable bonds is 5. The van der Waals surface area contributed by atoms with Gasteiger partial charge in [0.25, 0.3) is 0 Å². The topological polar surface area (TPSA) is 12.9 Å². The first kappa shape index (κ1) is 22.6. The second-order valence-corrected chi connectivity index (χ2v) is 5.17. The van der Waals surface area contributed by atoms with Gasteiger partial charge in [-0.15, -0.1) is 0 Å². The fourth-order valence-corrected chi connectivity index (χ4v) is 1.67. The third kappa shape index (κ3) is 2.95. The van der Waals surface area contributed by atoms with Crippen LogP contribution in [0.25, 0.3) is 0 Å². The van der Waals surface area contributed by atoms with E-state index in [1.54, 1.807) is 0 Å². The second kappa shape index (κ2) is 6.02. The average molecular weight is 432 g/mol. The zero-order valence-electron chi connectivity index (χ0n) is 11.5. The lowest BCUT2D eigenvalue weighted by Gasteiger charge is -2.39. The van der Waals surface area contributed by atoms with Crippen LogP contribution in [-0.2, 0) is 5.92 Å². The Kier molecular flexibility index (Phi) is 5.23. The molecule has 0 spiro atoms. The van der Waals surface area contributed by atoms with Crippen LogP contribution in [0.5, 0.6) is 0 Å². The normalized spacial score (nSPS) is 15.3. The highest BCUT2D eigenvalue weighted by molar-refractivity contribution is 6.30. The summed E-state index contributed by atoms with van der Waals surface area (Å²) in [5, 5.41) is -0.818. The van der Waals surface area contributed by atoms with Crippen molar-refractivity contribution in [3.05, 3.63) is 29.0 Å². The van der Waals surface area contributed by atoms with E-state index in [1.807, 2.05) is 0 Å². The minimum atomic E-state index is -7.94. The lowest BCUT2D eigenvalue weighted by atomic mass is 9.92. The van der Waals surface area contributed by atoms with E-state index in [4.69, 9.17) is 11.6 Å². The minimum absolute atomic E-state index is 0.189. The van der Waals surface area contributed by atoms with Crippen LogP contribution in [0.15, 0.2) is 18.3 Å². The van der Waals surface area contributed by atoms with Gasteiger partial charge in [-0.05, 0) is 12.1 Å². The molecule has 0 aliphatic rings. The van der Waals surface area contributed by atoms with Gasteiger partial charge in [0.05, 0.1) is 0 Å². The van der Waals surface area contributed by atoms with Crippen LogP contribution in [0.2, 0.25) is 5.02 Å². The molecule has 0 radical (unpaired) electrons. The quantitative estimate of drug-likeness (QED) is 0.527. The zero-order valence-corrected chi connectivity index (χ0v) is 12.2. The molecule has 150 valence electrons. The van der Waals surface area contributed by atoms with Gasteiger partial charge in [0, 0.05) is 11.2 Å². The SMILES string of the molecule is FC(F)(F)C(F)(F)C(F)(F)C(F)(F)C(F)(F)C(F)(F)c1cc(Cl)ccn1. The number of alkyl halides is 13. The van der Waals surface area contributed by atoms with Crippen LogP contribution in [0.1, 0.15) is 5.69 Å². The molecule has 0 aliphatic carbocycles. The van der Waals surface area contributed by atoms with Crippen LogP contribution in [-0.4, -0.2) is 34.9 Å². The van der Waals surface area contributed by atoms with E-state index < -0.39 is 46.5 Å². The molecule has 0 bridgehead atoms. The van der Waals surface area contributed by atoms with Gasteiger partial charge in [-0.3, -0.25) is 4.98 Å². The van der Waals surface area contributed by atoms with Crippen LogP contribution in [0, 0.1) is 0 Å². The summed E-state index contributed by atoms with van der Waals surface area (Å²) in [5.74, 6) is -37.4. The number of hydrogen-bond acceptors (Lipinski definition) is 1. The Balaban J connectivity index is 3.58. The molecule has 1 heterocycles. The van der Waals surface area contributed by atoms with Crippen LogP contribution in [0.3, 0.4) is 0 Å². The molecule has 0 fully saturated rings. The molecule has 1 nitrogen and oxygen atoms in total. The Morgan fingerprint density at radius 1 is 0.654 bits per heavy atom. The highest BCUT2D eigenvalue weighted by Crippen LogP contribution is 2.61. The van der Waals surface area contributed by atoms with Gasteiger partial charge in [-0.2, -0.15) is 57.1 Å². The molecule has 0 amide bonds. The van der Waals surface area contributed by atoms with E-state index in [-0.39, 0.29) is 12.3 Å². The van der Waals surface area contributed by atoms with Crippen molar-refractivity contribution in [3.63, 3.8) is 0 Å². The van der Waals surface area contributed by atoms with Crippen molar-refractivity contribution >= 4 is 11.6 Å². The van der Waals surface area contributed by atoms with Crippen molar-refractivity contribution in [1.82, 2.24) is 4.98 Å². The van der Waals surface area contributed by atoms with Crippen molar-refractivity contribution in [3.8, 4) is 0 Å². The maximum Gasteiger partial charge on any atom is 0.460 e. The summed E-state index contributed by atoms with van der Waals surface area (Å²) in [6.07, 6.45) is -7.19. The van der Waals surface area contributed by atoms with Gasteiger partial charge in [0.15, 0.2) is 0 Å². The first-order valence-electron chi connectivity index (χ1n) is 5.83. The maximum atomic E-state index is 13.6.